The molecule has 2 N–H and O–H groups in total. The van der Waals surface area contributed by atoms with Crippen LogP contribution in [0.2, 0.25) is 0 Å². The molecule has 0 saturated carbocycles. The lowest BCUT2D eigenvalue weighted by molar-refractivity contribution is -0.394. The first kappa shape index (κ1) is 15.6. The Balaban J connectivity index is 3.32. The van der Waals surface area contributed by atoms with Gasteiger partial charge in [0.1, 0.15) is 13.2 Å². The summed E-state index contributed by atoms with van der Waals surface area (Å²) in [6.07, 6.45) is 0. The van der Waals surface area contributed by atoms with Crippen molar-refractivity contribution in [3.63, 3.8) is 0 Å². The second kappa shape index (κ2) is 7.21. The Hall–Kier alpha value is -2.46. The van der Waals surface area contributed by atoms with E-state index in [1.807, 2.05) is 0 Å². The maximum atomic E-state index is 10.9. The summed E-state index contributed by atoms with van der Waals surface area (Å²) >= 11 is 0. The highest BCUT2D eigenvalue weighted by Gasteiger charge is 2.26. The van der Waals surface area contributed by atoms with E-state index in [9.17, 15) is 20.2 Å². The molecule has 0 unspecified atom stereocenters. The lowest BCUT2D eigenvalue weighted by Gasteiger charge is -2.11. The predicted molar refractivity (Wildman–Crippen MR) is 64.9 cm³/mol. The summed E-state index contributed by atoms with van der Waals surface area (Å²) in [5, 5.41) is 39.0. The van der Waals surface area contributed by atoms with Crippen molar-refractivity contribution in [1.29, 1.82) is 0 Å². The van der Waals surface area contributed by atoms with Gasteiger partial charge in [-0.05, 0) is 0 Å². The molecule has 0 aliphatic carbocycles. The summed E-state index contributed by atoms with van der Waals surface area (Å²) in [7, 11) is 0. The van der Waals surface area contributed by atoms with Gasteiger partial charge in [-0.2, -0.15) is 0 Å². The molecule has 0 saturated heterocycles. The Labute approximate surface area is 112 Å². The van der Waals surface area contributed by atoms with Gasteiger partial charge < -0.3 is 19.7 Å². The van der Waals surface area contributed by atoms with Crippen molar-refractivity contribution in [2.24, 2.45) is 0 Å². The Morgan fingerprint density at radius 1 is 1.00 bits per heavy atom. The van der Waals surface area contributed by atoms with Crippen molar-refractivity contribution in [2.45, 2.75) is 0 Å². The third-order valence-corrected chi connectivity index (χ3v) is 2.11. The molecule has 0 amide bonds. The molecule has 0 bridgehead atoms. The van der Waals surface area contributed by atoms with Crippen LogP contribution in [0.5, 0.6) is 11.5 Å². The van der Waals surface area contributed by atoms with E-state index in [0.29, 0.717) is 0 Å². The minimum Gasteiger partial charge on any atom is -0.487 e. The highest BCUT2D eigenvalue weighted by Crippen LogP contribution is 2.40. The van der Waals surface area contributed by atoms with Gasteiger partial charge in [0.05, 0.1) is 35.2 Å². The number of rotatable bonds is 8. The Morgan fingerprint density at radius 3 is 2.10 bits per heavy atom. The van der Waals surface area contributed by atoms with Crippen molar-refractivity contribution >= 4 is 11.4 Å². The molecule has 0 atom stereocenters. The molecular formula is C10H12N2O8. The minimum atomic E-state index is -0.856. The van der Waals surface area contributed by atoms with Gasteiger partial charge in [-0.3, -0.25) is 20.2 Å². The molecule has 1 rings (SSSR count). The Morgan fingerprint density at radius 2 is 1.60 bits per heavy atom. The van der Waals surface area contributed by atoms with Crippen LogP contribution in [0.4, 0.5) is 11.4 Å². The number of ether oxygens (including phenoxy) is 2. The number of benzene rings is 1. The zero-order chi connectivity index (χ0) is 15.1. The molecule has 20 heavy (non-hydrogen) atoms. The predicted octanol–water partition coefficient (Wildman–Crippen LogP) is 0.245. The van der Waals surface area contributed by atoms with Crippen LogP contribution in [0.25, 0.3) is 0 Å². The van der Waals surface area contributed by atoms with Crippen LogP contribution in [0.3, 0.4) is 0 Å². The largest absolute Gasteiger partial charge is 0.487 e. The molecule has 0 fully saturated rings. The van der Waals surface area contributed by atoms with Crippen molar-refractivity contribution in [3.05, 3.63) is 32.4 Å². The van der Waals surface area contributed by atoms with Crippen LogP contribution in [0, 0.1) is 20.2 Å². The van der Waals surface area contributed by atoms with Gasteiger partial charge >= 0.3 is 5.69 Å². The van der Waals surface area contributed by atoms with Crippen molar-refractivity contribution < 1.29 is 29.5 Å². The average Bonchev–Trinajstić information content (AvgIpc) is 2.42. The van der Waals surface area contributed by atoms with E-state index in [4.69, 9.17) is 19.7 Å². The monoisotopic (exact) mass is 288 g/mol. The fourth-order valence-electron chi connectivity index (χ4n) is 1.37. The number of hydrogen-bond donors (Lipinski definition) is 2. The lowest BCUT2D eigenvalue weighted by Crippen LogP contribution is -2.09. The van der Waals surface area contributed by atoms with Gasteiger partial charge in [-0.25, -0.2) is 0 Å². The molecule has 10 heteroatoms. The van der Waals surface area contributed by atoms with E-state index in [1.165, 1.54) is 0 Å². The average molecular weight is 288 g/mol. The number of hydrogen-bond acceptors (Lipinski definition) is 8. The smallest absolute Gasteiger partial charge is 0.321 e. The van der Waals surface area contributed by atoms with Crippen molar-refractivity contribution in [3.8, 4) is 11.5 Å². The summed E-state index contributed by atoms with van der Waals surface area (Å²) in [5.74, 6) is -0.573. The quantitative estimate of drug-likeness (QED) is 0.511. The SMILES string of the molecule is O=[N+]([O-])c1cc(OCCO)c(OCCO)c([N+](=O)[O-])c1. The summed E-state index contributed by atoms with van der Waals surface area (Å²) in [5.41, 5.74) is -1.19. The molecule has 10 nitrogen and oxygen atoms in total. The Kier molecular flexibility index (Phi) is 5.62. The zero-order valence-corrected chi connectivity index (χ0v) is 10.2. The van der Waals surface area contributed by atoms with E-state index in [0.717, 1.165) is 12.1 Å². The molecule has 0 heterocycles. The summed E-state index contributed by atoms with van der Waals surface area (Å²) in [6, 6.07) is 1.69. The van der Waals surface area contributed by atoms with Crippen LogP contribution < -0.4 is 9.47 Å². The van der Waals surface area contributed by atoms with E-state index in [1.54, 1.807) is 0 Å². The number of nitro benzene ring substituents is 2. The van der Waals surface area contributed by atoms with Gasteiger partial charge in [-0.1, -0.05) is 0 Å². The third kappa shape index (κ3) is 3.76. The van der Waals surface area contributed by atoms with E-state index in [-0.39, 0.29) is 31.3 Å². The number of nitro groups is 2. The molecule has 1 aromatic rings. The summed E-state index contributed by atoms with van der Waals surface area (Å²) in [4.78, 5) is 20.0. The molecule has 0 spiro atoms. The topological polar surface area (TPSA) is 145 Å². The maximum absolute atomic E-state index is 10.9. The van der Waals surface area contributed by atoms with Crippen molar-refractivity contribution in [1.82, 2.24) is 0 Å². The highest BCUT2D eigenvalue weighted by molar-refractivity contribution is 5.62. The van der Waals surface area contributed by atoms with E-state index in [2.05, 4.69) is 0 Å². The normalized spacial score (nSPS) is 10.1. The first-order chi connectivity index (χ1) is 9.51. The molecule has 0 radical (unpaired) electrons. The van der Waals surface area contributed by atoms with E-state index >= 15 is 0 Å². The number of non-ortho nitro benzene ring substituents is 1. The molecule has 0 aromatic heterocycles. The van der Waals surface area contributed by atoms with Crippen LogP contribution >= 0.6 is 0 Å². The van der Waals surface area contributed by atoms with Gasteiger partial charge in [0, 0.05) is 0 Å². The fourth-order valence-corrected chi connectivity index (χ4v) is 1.37. The summed E-state index contributed by atoms with van der Waals surface area (Å²) in [6.45, 7) is -1.23. The second-order valence-electron chi connectivity index (χ2n) is 3.45. The van der Waals surface area contributed by atoms with Crippen LogP contribution in [0.1, 0.15) is 0 Å². The molecule has 1 aromatic carbocycles. The molecule has 0 aliphatic heterocycles. The molecular weight excluding hydrogens is 276 g/mol. The van der Waals surface area contributed by atoms with Gasteiger partial charge in [0.25, 0.3) is 5.69 Å². The van der Waals surface area contributed by atoms with Crippen molar-refractivity contribution in [2.75, 3.05) is 26.4 Å². The van der Waals surface area contributed by atoms with Gasteiger partial charge in [0.15, 0.2) is 5.75 Å². The number of aliphatic hydroxyl groups is 2. The van der Waals surface area contributed by atoms with Gasteiger partial charge in [-0.15, -0.1) is 0 Å². The molecule has 0 aliphatic rings. The molecule has 110 valence electrons. The minimum absolute atomic E-state index is 0.214. The van der Waals surface area contributed by atoms with E-state index < -0.39 is 27.8 Å². The Bertz CT molecular complexity index is 504. The maximum Gasteiger partial charge on any atom is 0.321 e. The zero-order valence-electron chi connectivity index (χ0n) is 10.2. The summed E-state index contributed by atoms with van der Waals surface area (Å²) < 4.78 is 9.99. The van der Waals surface area contributed by atoms with Crippen LogP contribution in [0.15, 0.2) is 12.1 Å². The van der Waals surface area contributed by atoms with Crippen LogP contribution in [-0.4, -0.2) is 46.5 Å². The van der Waals surface area contributed by atoms with Gasteiger partial charge in [0.2, 0.25) is 5.75 Å². The fraction of sp³-hybridized carbons (Fsp3) is 0.400. The second-order valence-corrected chi connectivity index (χ2v) is 3.45. The number of aliphatic hydroxyl groups excluding tert-OH is 2. The van der Waals surface area contributed by atoms with Crippen LogP contribution in [-0.2, 0) is 0 Å². The first-order valence-electron chi connectivity index (χ1n) is 5.45. The third-order valence-electron chi connectivity index (χ3n) is 2.11. The first-order valence-corrected chi connectivity index (χ1v) is 5.45. The lowest BCUT2D eigenvalue weighted by atomic mass is 10.2. The number of nitrogens with zero attached hydrogens (tertiary/aromatic N) is 2. The highest BCUT2D eigenvalue weighted by atomic mass is 16.6. The standard InChI is InChI=1S/C10H12N2O8/c13-1-3-19-9-6-7(11(15)16)5-8(12(17)18)10(9)20-4-2-14/h5-6,13-14H,1-4H2.